The van der Waals surface area contributed by atoms with Crippen molar-refractivity contribution in [1.82, 2.24) is 10.0 Å². The minimum absolute atomic E-state index is 0.0160. The molecule has 1 rings (SSSR count). The van der Waals surface area contributed by atoms with E-state index >= 15 is 0 Å². The molecular weight excluding hydrogens is 216 g/mol. The molecule has 0 spiro atoms. The number of amides is 1. The van der Waals surface area contributed by atoms with Crippen LogP contribution in [0.1, 0.15) is 19.8 Å². The number of carbonyl (C=O) groups excluding carboxylic acids is 1. The van der Waals surface area contributed by atoms with Gasteiger partial charge < -0.3 is 5.32 Å². The first-order valence-corrected chi connectivity index (χ1v) is 6.80. The maximum atomic E-state index is 11.5. The van der Waals surface area contributed by atoms with Crippen LogP contribution in [-0.2, 0) is 14.8 Å². The van der Waals surface area contributed by atoms with Crippen LogP contribution in [0.5, 0.6) is 0 Å². The van der Waals surface area contributed by atoms with Crippen LogP contribution in [0.15, 0.2) is 0 Å². The lowest BCUT2D eigenvalue weighted by Crippen LogP contribution is -2.36. The van der Waals surface area contributed by atoms with Crippen molar-refractivity contribution in [2.45, 2.75) is 19.8 Å². The molecule has 1 amide bonds. The summed E-state index contributed by atoms with van der Waals surface area (Å²) in [6, 6.07) is 0. The lowest BCUT2D eigenvalue weighted by molar-refractivity contribution is -0.124. The predicted molar refractivity (Wildman–Crippen MR) is 57.7 cm³/mol. The number of hydrogen-bond acceptors (Lipinski definition) is 3. The highest BCUT2D eigenvalue weighted by Gasteiger charge is 2.32. The first-order valence-electron chi connectivity index (χ1n) is 5.15. The van der Waals surface area contributed by atoms with Crippen LogP contribution in [0, 0.1) is 11.8 Å². The van der Waals surface area contributed by atoms with Crippen molar-refractivity contribution in [3.8, 4) is 0 Å². The third kappa shape index (κ3) is 4.17. The van der Waals surface area contributed by atoms with Gasteiger partial charge in [0.15, 0.2) is 0 Å². The van der Waals surface area contributed by atoms with Crippen LogP contribution in [-0.4, -0.2) is 33.7 Å². The van der Waals surface area contributed by atoms with Crippen LogP contribution in [0.2, 0.25) is 0 Å². The molecule has 88 valence electrons. The van der Waals surface area contributed by atoms with Gasteiger partial charge in [-0.05, 0) is 25.8 Å². The Morgan fingerprint density at radius 3 is 2.53 bits per heavy atom. The molecule has 0 aliphatic heterocycles. The highest BCUT2D eigenvalue weighted by molar-refractivity contribution is 7.89. The van der Waals surface area contributed by atoms with Gasteiger partial charge in [0.25, 0.3) is 0 Å². The minimum Gasteiger partial charge on any atom is -0.355 e. The number of sulfonamides is 1. The SMILES string of the molecule is CNS(=O)(=O)CCNC(=O)C(C)C1CC1. The average molecular weight is 234 g/mol. The molecule has 1 fully saturated rings. The summed E-state index contributed by atoms with van der Waals surface area (Å²) < 4.78 is 24.3. The van der Waals surface area contributed by atoms with Gasteiger partial charge in [0.2, 0.25) is 15.9 Å². The van der Waals surface area contributed by atoms with Gasteiger partial charge >= 0.3 is 0 Å². The van der Waals surface area contributed by atoms with E-state index in [0.29, 0.717) is 5.92 Å². The van der Waals surface area contributed by atoms with Crippen molar-refractivity contribution in [3.05, 3.63) is 0 Å². The van der Waals surface area contributed by atoms with E-state index in [-0.39, 0.29) is 24.1 Å². The predicted octanol–water partition coefficient (Wildman–Crippen LogP) is -0.302. The quantitative estimate of drug-likeness (QED) is 0.662. The van der Waals surface area contributed by atoms with Crippen LogP contribution >= 0.6 is 0 Å². The Hall–Kier alpha value is -0.620. The van der Waals surface area contributed by atoms with Gasteiger partial charge in [-0.3, -0.25) is 4.79 Å². The second kappa shape index (κ2) is 4.94. The zero-order valence-corrected chi connectivity index (χ0v) is 9.93. The van der Waals surface area contributed by atoms with E-state index in [9.17, 15) is 13.2 Å². The summed E-state index contributed by atoms with van der Waals surface area (Å²) in [6.07, 6.45) is 2.23. The summed E-state index contributed by atoms with van der Waals surface area (Å²) in [6.45, 7) is 2.07. The van der Waals surface area contributed by atoms with E-state index in [1.165, 1.54) is 7.05 Å². The lowest BCUT2D eigenvalue weighted by atomic mass is 10.1. The highest BCUT2D eigenvalue weighted by atomic mass is 32.2. The largest absolute Gasteiger partial charge is 0.355 e. The van der Waals surface area contributed by atoms with E-state index in [1.54, 1.807) is 0 Å². The Labute approximate surface area is 90.7 Å². The fraction of sp³-hybridized carbons (Fsp3) is 0.889. The van der Waals surface area contributed by atoms with E-state index in [2.05, 4.69) is 10.0 Å². The Balaban J connectivity index is 2.22. The third-order valence-corrected chi connectivity index (χ3v) is 4.09. The molecule has 0 radical (unpaired) electrons. The van der Waals surface area contributed by atoms with E-state index in [4.69, 9.17) is 0 Å². The second-order valence-electron chi connectivity index (χ2n) is 3.94. The fourth-order valence-electron chi connectivity index (χ4n) is 1.38. The summed E-state index contributed by atoms with van der Waals surface area (Å²) in [5.41, 5.74) is 0. The molecule has 1 aliphatic rings. The van der Waals surface area contributed by atoms with Crippen molar-refractivity contribution >= 4 is 15.9 Å². The Morgan fingerprint density at radius 1 is 1.47 bits per heavy atom. The molecule has 1 aliphatic carbocycles. The summed E-state index contributed by atoms with van der Waals surface area (Å²) >= 11 is 0. The van der Waals surface area contributed by atoms with Gasteiger partial charge in [-0.1, -0.05) is 6.92 Å². The number of carbonyl (C=O) groups is 1. The monoisotopic (exact) mass is 234 g/mol. The van der Waals surface area contributed by atoms with Crippen molar-refractivity contribution in [3.63, 3.8) is 0 Å². The molecule has 6 heteroatoms. The summed E-state index contributed by atoms with van der Waals surface area (Å²) in [5.74, 6) is 0.420. The topological polar surface area (TPSA) is 75.3 Å². The molecule has 1 unspecified atom stereocenters. The standard InChI is InChI=1S/C9H18N2O3S/c1-7(8-3-4-8)9(12)11-5-6-15(13,14)10-2/h7-8,10H,3-6H2,1-2H3,(H,11,12). The Morgan fingerprint density at radius 2 is 2.07 bits per heavy atom. The first-order chi connectivity index (χ1) is 6.96. The lowest BCUT2D eigenvalue weighted by Gasteiger charge is -2.10. The van der Waals surface area contributed by atoms with Gasteiger partial charge in [-0.2, -0.15) is 0 Å². The van der Waals surface area contributed by atoms with Gasteiger partial charge in [0.05, 0.1) is 5.75 Å². The molecule has 1 atom stereocenters. The van der Waals surface area contributed by atoms with Crippen molar-refractivity contribution in [2.75, 3.05) is 19.3 Å². The van der Waals surface area contributed by atoms with Gasteiger partial charge in [0.1, 0.15) is 0 Å². The zero-order chi connectivity index (χ0) is 11.5. The first kappa shape index (κ1) is 12.4. The van der Waals surface area contributed by atoms with Gasteiger partial charge in [-0.15, -0.1) is 0 Å². The number of rotatable bonds is 6. The molecular formula is C9H18N2O3S. The maximum absolute atomic E-state index is 11.5. The van der Waals surface area contributed by atoms with E-state index in [1.807, 2.05) is 6.92 Å². The van der Waals surface area contributed by atoms with Gasteiger partial charge in [0, 0.05) is 12.5 Å². The normalized spacial score (nSPS) is 18.5. The second-order valence-corrected chi connectivity index (χ2v) is 5.99. The smallest absolute Gasteiger partial charge is 0.223 e. The summed E-state index contributed by atoms with van der Waals surface area (Å²) in [5, 5.41) is 2.64. The molecule has 2 N–H and O–H groups in total. The maximum Gasteiger partial charge on any atom is 0.223 e. The van der Waals surface area contributed by atoms with E-state index in [0.717, 1.165) is 12.8 Å². The van der Waals surface area contributed by atoms with Crippen LogP contribution < -0.4 is 10.0 Å². The molecule has 15 heavy (non-hydrogen) atoms. The molecule has 5 nitrogen and oxygen atoms in total. The number of nitrogens with one attached hydrogen (secondary N) is 2. The molecule has 0 heterocycles. The van der Waals surface area contributed by atoms with Gasteiger partial charge in [-0.25, -0.2) is 13.1 Å². The molecule has 0 aromatic carbocycles. The Bertz CT molecular complexity index is 322. The molecule has 0 bridgehead atoms. The van der Waals surface area contributed by atoms with Crippen LogP contribution in [0.25, 0.3) is 0 Å². The Kier molecular flexibility index (Phi) is 4.10. The van der Waals surface area contributed by atoms with E-state index < -0.39 is 10.0 Å². The van der Waals surface area contributed by atoms with Crippen molar-refractivity contribution in [2.24, 2.45) is 11.8 Å². The molecule has 1 saturated carbocycles. The third-order valence-electron chi connectivity index (χ3n) is 2.72. The van der Waals surface area contributed by atoms with Crippen molar-refractivity contribution in [1.29, 1.82) is 0 Å². The summed E-state index contributed by atoms with van der Waals surface area (Å²) in [4.78, 5) is 11.5. The minimum atomic E-state index is -3.21. The number of hydrogen-bond donors (Lipinski definition) is 2. The molecule has 0 saturated heterocycles. The molecule has 0 aromatic heterocycles. The van der Waals surface area contributed by atoms with Crippen LogP contribution in [0.4, 0.5) is 0 Å². The zero-order valence-electron chi connectivity index (χ0n) is 9.12. The fourth-order valence-corrected chi connectivity index (χ4v) is 1.96. The highest BCUT2D eigenvalue weighted by Crippen LogP contribution is 2.36. The molecule has 0 aromatic rings. The van der Waals surface area contributed by atoms with Crippen LogP contribution in [0.3, 0.4) is 0 Å². The van der Waals surface area contributed by atoms with Crippen molar-refractivity contribution < 1.29 is 13.2 Å². The summed E-state index contributed by atoms with van der Waals surface area (Å²) in [7, 11) is -1.85. The average Bonchev–Trinajstić information content (AvgIpc) is 2.99.